The summed E-state index contributed by atoms with van der Waals surface area (Å²) in [6, 6.07) is 11.7. The minimum absolute atomic E-state index is 0.171. The first-order valence-electron chi connectivity index (χ1n) is 7.50. The number of nitrogens with zero attached hydrogens (tertiary/aromatic N) is 3. The molecule has 8 heteroatoms. The third-order valence-corrected chi connectivity index (χ3v) is 5.13. The first kappa shape index (κ1) is 15.4. The first-order valence-corrected chi connectivity index (χ1v) is 8.98. The van der Waals surface area contributed by atoms with Crippen molar-refractivity contribution >= 4 is 21.2 Å². The minimum atomic E-state index is -3.68. The van der Waals surface area contributed by atoms with E-state index in [9.17, 15) is 8.42 Å². The van der Waals surface area contributed by atoms with Crippen LogP contribution in [0.5, 0.6) is 0 Å². The largest absolute Gasteiger partial charge is 0.449 e. The van der Waals surface area contributed by atoms with Crippen LogP contribution in [0.1, 0.15) is 5.89 Å². The average Bonchev–Trinajstić information content (AvgIpc) is 3.23. The average molecular weight is 354 g/mol. The van der Waals surface area contributed by atoms with Crippen molar-refractivity contribution < 1.29 is 12.8 Å². The Labute approximate surface area is 144 Å². The summed E-state index contributed by atoms with van der Waals surface area (Å²) >= 11 is 0. The maximum absolute atomic E-state index is 12.6. The van der Waals surface area contributed by atoms with E-state index in [1.54, 1.807) is 66.3 Å². The third kappa shape index (κ3) is 2.99. The molecule has 0 spiro atoms. The highest BCUT2D eigenvalue weighted by molar-refractivity contribution is 7.92. The molecular weight excluding hydrogens is 340 g/mol. The molecule has 3 aromatic heterocycles. The van der Waals surface area contributed by atoms with Gasteiger partial charge in [0.1, 0.15) is 12.0 Å². The molecule has 25 heavy (non-hydrogen) atoms. The quantitative estimate of drug-likeness (QED) is 0.608. The van der Waals surface area contributed by atoms with E-state index in [1.165, 1.54) is 6.26 Å². The Morgan fingerprint density at radius 1 is 1.12 bits per heavy atom. The van der Waals surface area contributed by atoms with Crippen LogP contribution in [0.2, 0.25) is 0 Å². The number of anilines is 1. The topological polar surface area (TPSA) is 89.5 Å². The fourth-order valence-corrected chi connectivity index (χ4v) is 3.55. The van der Waals surface area contributed by atoms with Crippen LogP contribution in [-0.2, 0) is 10.0 Å². The molecule has 0 saturated carbocycles. The molecular formula is C17H14N4O3S. The van der Waals surface area contributed by atoms with Crippen LogP contribution in [0, 0.1) is 6.92 Å². The van der Waals surface area contributed by atoms with Gasteiger partial charge in [-0.1, -0.05) is 12.1 Å². The SMILES string of the molecule is Cc1nc(-c2ccc(S(=O)(=O)Nc3ccn4nccc4c3)cc2)co1. The van der Waals surface area contributed by atoms with Crippen molar-refractivity contribution in [3.05, 3.63) is 67.0 Å². The molecule has 0 fully saturated rings. The molecule has 0 bridgehead atoms. The Balaban J connectivity index is 1.61. The van der Waals surface area contributed by atoms with Gasteiger partial charge < -0.3 is 4.42 Å². The van der Waals surface area contributed by atoms with Crippen molar-refractivity contribution in [2.75, 3.05) is 4.72 Å². The molecule has 0 unspecified atom stereocenters. The van der Waals surface area contributed by atoms with E-state index < -0.39 is 10.0 Å². The molecule has 4 aromatic rings. The second-order valence-electron chi connectivity index (χ2n) is 5.50. The van der Waals surface area contributed by atoms with Crippen molar-refractivity contribution in [1.29, 1.82) is 0 Å². The molecule has 0 aliphatic carbocycles. The lowest BCUT2D eigenvalue weighted by Gasteiger charge is -2.09. The van der Waals surface area contributed by atoms with Crippen molar-refractivity contribution in [3.8, 4) is 11.3 Å². The number of hydrogen-bond donors (Lipinski definition) is 1. The second-order valence-corrected chi connectivity index (χ2v) is 7.18. The lowest BCUT2D eigenvalue weighted by Crippen LogP contribution is -2.13. The predicted octanol–water partition coefficient (Wildman–Crippen LogP) is 3.10. The van der Waals surface area contributed by atoms with Crippen LogP contribution in [-0.4, -0.2) is 23.0 Å². The molecule has 0 radical (unpaired) electrons. The van der Waals surface area contributed by atoms with Crippen LogP contribution in [0.15, 0.2) is 70.4 Å². The number of oxazole rings is 1. The number of sulfonamides is 1. The van der Waals surface area contributed by atoms with E-state index >= 15 is 0 Å². The van der Waals surface area contributed by atoms with Gasteiger partial charge in [0.2, 0.25) is 0 Å². The van der Waals surface area contributed by atoms with Gasteiger partial charge in [0.05, 0.1) is 16.1 Å². The van der Waals surface area contributed by atoms with E-state index in [0.29, 0.717) is 17.3 Å². The van der Waals surface area contributed by atoms with Gasteiger partial charge in [0, 0.05) is 24.9 Å². The predicted molar refractivity (Wildman–Crippen MR) is 92.7 cm³/mol. The van der Waals surface area contributed by atoms with Gasteiger partial charge >= 0.3 is 0 Å². The van der Waals surface area contributed by atoms with Crippen molar-refractivity contribution in [2.24, 2.45) is 0 Å². The fraction of sp³-hybridized carbons (Fsp3) is 0.0588. The summed E-state index contributed by atoms with van der Waals surface area (Å²) in [5.74, 6) is 0.559. The highest BCUT2D eigenvalue weighted by Crippen LogP contribution is 2.22. The summed E-state index contributed by atoms with van der Waals surface area (Å²) in [5.41, 5.74) is 2.73. The summed E-state index contributed by atoms with van der Waals surface area (Å²) in [4.78, 5) is 4.40. The van der Waals surface area contributed by atoms with E-state index in [2.05, 4.69) is 14.8 Å². The van der Waals surface area contributed by atoms with Crippen LogP contribution < -0.4 is 4.72 Å². The van der Waals surface area contributed by atoms with Gasteiger partial charge in [-0.2, -0.15) is 5.10 Å². The molecule has 4 rings (SSSR count). The molecule has 126 valence electrons. The smallest absolute Gasteiger partial charge is 0.261 e. The minimum Gasteiger partial charge on any atom is -0.449 e. The van der Waals surface area contributed by atoms with Gasteiger partial charge in [-0.3, -0.25) is 4.72 Å². The molecule has 1 N–H and O–H groups in total. The second kappa shape index (κ2) is 5.75. The van der Waals surface area contributed by atoms with Gasteiger partial charge in [-0.05, 0) is 30.3 Å². The maximum Gasteiger partial charge on any atom is 0.261 e. The van der Waals surface area contributed by atoms with Crippen LogP contribution in [0.3, 0.4) is 0 Å². The summed E-state index contributed by atoms with van der Waals surface area (Å²) in [6.07, 6.45) is 4.89. The zero-order chi connectivity index (χ0) is 17.4. The summed E-state index contributed by atoms with van der Waals surface area (Å²) < 4.78 is 34.5. The van der Waals surface area contributed by atoms with Crippen LogP contribution in [0.4, 0.5) is 5.69 Å². The maximum atomic E-state index is 12.6. The standard InChI is InChI=1S/C17H14N4O3S/c1-12-19-17(11-24-12)13-2-4-16(5-3-13)25(22,23)20-14-7-9-21-15(10-14)6-8-18-21/h2-11,20H,1H3. The molecule has 7 nitrogen and oxygen atoms in total. The van der Waals surface area contributed by atoms with E-state index in [0.717, 1.165) is 11.1 Å². The molecule has 3 heterocycles. The molecule has 0 saturated heterocycles. The van der Waals surface area contributed by atoms with Crippen LogP contribution in [0.25, 0.3) is 16.8 Å². The lowest BCUT2D eigenvalue weighted by molar-refractivity contribution is 0.521. The molecule has 0 aliphatic heterocycles. The lowest BCUT2D eigenvalue weighted by atomic mass is 10.2. The first-order chi connectivity index (χ1) is 12.0. The highest BCUT2D eigenvalue weighted by Gasteiger charge is 2.15. The Bertz CT molecular complexity index is 1140. The van der Waals surface area contributed by atoms with Crippen molar-refractivity contribution in [1.82, 2.24) is 14.6 Å². The number of nitrogens with one attached hydrogen (secondary N) is 1. The van der Waals surface area contributed by atoms with Crippen molar-refractivity contribution in [2.45, 2.75) is 11.8 Å². The number of hydrogen-bond acceptors (Lipinski definition) is 5. The fourth-order valence-electron chi connectivity index (χ4n) is 2.50. The molecule has 0 atom stereocenters. The Morgan fingerprint density at radius 3 is 2.64 bits per heavy atom. The Hall–Kier alpha value is -3.13. The zero-order valence-electron chi connectivity index (χ0n) is 13.2. The number of rotatable bonds is 4. The zero-order valence-corrected chi connectivity index (χ0v) is 14.1. The third-order valence-electron chi connectivity index (χ3n) is 3.73. The van der Waals surface area contributed by atoms with Gasteiger partial charge in [-0.25, -0.2) is 17.9 Å². The summed E-state index contributed by atoms with van der Waals surface area (Å²) in [7, 11) is -3.68. The molecule has 1 aromatic carbocycles. The summed E-state index contributed by atoms with van der Waals surface area (Å²) in [5, 5.41) is 4.08. The highest BCUT2D eigenvalue weighted by atomic mass is 32.2. The van der Waals surface area contributed by atoms with E-state index in [-0.39, 0.29) is 4.90 Å². The van der Waals surface area contributed by atoms with Crippen LogP contribution >= 0.6 is 0 Å². The number of fused-ring (bicyclic) bond motifs is 1. The van der Waals surface area contributed by atoms with Gasteiger partial charge in [0.15, 0.2) is 5.89 Å². The normalized spacial score (nSPS) is 11.7. The number of benzene rings is 1. The number of pyridine rings is 1. The van der Waals surface area contributed by atoms with Crippen molar-refractivity contribution in [3.63, 3.8) is 0 Å². The number of aryl methyl sites for hydroxylation is 1. The monoisotopic (exact) mass is 354 g/mol. The molecule has 0 aliphatic rings. The Kier molecular flexibility index (Phi) is 3.54. The van der Waals surface area contributed by atoms with Gasteiger partial charge in [-0.15, -0.1) is 0 Å². The Morgan fingerprint density at radius 2 is 1.92 bits per heavy atom. The summed E-state index contributed by atoms with van der Waals surface area (Å²) in [6.45, 7) is 1.75. The van der Waals surface area contributed by atoms with E-state index in [4.69, 9.17) is 4.42 Å². The number of aromatic nitrogens is 3. The van der Waals surface area contributed by atoms with E-state index in [1.807, 2.05) is 0 Å². The molecule has 0 amide bonds. The van der Waals surface area contributed by atoms with Gasteiger partial charge in [0.25, 0.3) is 10.0 Å².